The van der Waals surface area contributed by atoms with Crippen LogP contribution in [0.2, 0.25) is 5.02 Å². The lowest BCUT2D eigenvalue weighted by molar-refractivity contribution is -0.134. The third-order valence-corrected chi connectivity index (χ3v) is 6.66. The monoisotopic (exact) mass is 502 g/mol. The summed E-state index contributed by atoms with van der Waals surface area (Å²) in [5, 5.41) is 10.2. The molecule has 4 rings (SSSR count). The number of fused-ring (bicyclic) bond motifs is 1. The lowest BCUT2D eigenvalue weighted by atomic mass is 10.1. The van der Waals surface area contributed by atoms with Crippen molar-refractivity contribution in [1.82, 2.24) is 25.1 Å². The number of benzene rings is 1. The first-order chi connectivity index (χ1) is 16.2. The molecule has 10 heteroatoms. The van der Waals surface area contributed by atoms with E-state index in [9.17, 15) is 4.79 Å². The first-order valence-corrected chi connectivity index (χ1v) is 12.9. The number of rotatable bonds is 9. The number of ether oxygens (including phenoxy) is 1. The number of carbonyl (C=O) groups is 1. The molecule has 0 atom stereocenters. The molecular formula is C24H31ClN6O2S. The molecule has 1 fully saturated rings. The van der Waals surface area contributed by atoms with Gasteiger partial charge in [-0.2, -0.15) is 5.10 Å². The lowest BCUT2D eigenvalue weighted by Crippen LogP contribution is -2.47. The number of halogens is 1. The second kappa shape index (κ2) is 10.4. The van der Waals surface area contributed by atoms with Crippen molar-refractivity contribution in [2.45, 2.75) is 63.1 Å². The highest BCUT2D eigenvalue weighted by atomic mass is 35.5. The van der Waals surface area contributed by atoms with Crippen molar-refractivity contribution in [2.24, 2.45) is 0 Å². The van der Waals surface area contributed by atoms with Gasteiger partial charge >= 0.3 is 0 Å². The largest absolute Gasteiger partial charge is 0.478 e. The predicted octanol–water partition coefficient (Wildman–Crippen LogP) is 4.55. The molecular weight excluding hydrogens is 472 g/mol. The van der Waals surface area contributed by atoms with Crippen LogP contribution in [0.25, 0.3) is 11.0 Å². The fraction of sp³-hybridized carbons (Fsp3) is 0.500. The van der Waals surface area contributed by atoms with Gasteiger partial charge in [-0.25, -0.2) is 14.6 Å². The number of anilines is 1. The average molecular weight is 503 g/mol. The molecule has 3 heterocycles. The summed E-state index contributed by atoms with van der Waals surface area (Å²) in [5.74, 6) is 1.34. The summed E-state index contributed by atoms with van der Waals surface area (Å²) in [6, 6.07) is 6.96. The van der Waals surface area contributed by atoms with E-state index in [4.69, 9.17) is 26.3 Å². The minimum Gasteiger partial charge on any atom is -0.478 e. The van der Waals surface area contributed by atoms with Gasteiger partial charge in [0.1, 0.15) is 11.6 Å². The number of hydrogen-bond donors (Lipinski definition) is 1. The topological polar surface area (TPSA) is 85.2 Å². The summed E-state index contributed by atoms with van der Waals surface area (Å²) in [4.78, 5) is 24.8. The third kappa shape index (κ3) is 5.75. The van der Waals surface area contributed by atoms with Crippen molar-refractivity contribution in [3.8, 4) is 5.75 Å². The number of carbonyl (C=O) groups excluding carboxylic acids is 1. The van der Waals surface area contributed by atoms with Gasteiger partial charge in [0.15, 0.2) is 16.4 Å². The van der Waals surface area contributed by atoms with Crippen molar-refractivity contribution in [3.05, 3.63) is 35.5 Å². The fourth-order valence-electron chi connectivity index (χ4n) is 3.85. The van der Waals surface area contributed by atoms with E-state index in [2.05, 4.69) is 29.2 Å². The van der Waals surface area contributed by atoms with E-state index in [1.807, 2.05) is 10.9 Å². The van der Waals surface area contributed by atoms with Gasteiger partial charge in [-0.3, -0.25) is 4.79 Å². The molecule has 1 saturated heterocycles. The highest BCUT2D eigenvalue weighted by Crippen LogP contribution is 2.30. The molecule has 0 aliphatic carbocycles. The minimum absolute atomic E-state index is 0.206. The normalized spacial score (nSPS) is 14.2. The number of aromatic nitrogens is 4. The Morgan fingerprint density at radius 1 is 1.21 bits per heavy atom. The van der Waals surface area contributed by atoms with Crippen LogP contribution in [-0.4, -0.2) is 56.1 Å². The van der Waals surface area contributed by atoms with Crippen LogP contribution in [0, 0.1) is 0 Å². The van der Waals surface area contributed by atoms with Gasteiger partial charge in [-0.15, -0.1) is 0 Å². The van der Waals surface area contributed by atoms with Crippen LogP contribution < -0.4 is 15.0 Å². The molecule has 8 nitrogen and oxygen atoms in total. The lowest BCUT2D eigenvalue weighted by Gasteiger charge is -2.25. The Bertz CT molecular complexity index is 1140. The van der Waals surface area contributed by atoms with Crippen molar-refractivity contribution < 1.29 is 9.53 Å². The van der Waals surface area contributed by atoms with Gasteiger partial charge in [-0.1, -0.05) is 37.2 Å². The smallest absolute Gasteiger partial charge is 0.263 e. The molecule has 1 aromatic carbocycles. The summed E-state index contributed by atoms with van der Waals surface area (Å²) < 4.78 is 7.72. The van der Waals surface area contributed by atoms with Crippen LogP contribution in [0.5, 0.6) is 5.75 Å². The maximum Gasteiger partial charge on any atom is 0.263 e. The quantitative estimate of drug-likeness (QED) is 0.339. The number of nitrogens with zero attached hydrogens (tertiary/aromatic N) is 5. The summed E-state index contributed by atoms with van der Waals surface area (Å²) in [5.41, 5.74) is -0.238. The highest BCUT2D eigenvalue weighted by Gasteiger charge is 2.30. The van der Waals surface area contributed by atoms with Gasteiger partial charge in [-0.05, 0) is 51.0 Å². The maximum atomic E-state index is 12.8. The molecule has 1 aliphatic heterocycles. The molecule has 0 bridgehead atoms. The molecule has 0 unspecified atom stereocenters. The zero-order chi connectivity index (χ0) is 24.3. The second-order valence-corrected chi connectivity index (χ2v) is 11.1. The van der Waals surface area contributed by atoms with Crippen molar-refractivity contribution >= 4 is 46.1 Å². The van der Waals surface area contributed by atoms with E-state index in [1.165, 1.54) is 12.8 Å². The zero-order valence-electron chi connectivity index (χ0n) is 20.0. The van der Waals surface area contributed by atoms with Gasteiger partial charge in [0.2, 0.25) is 0 Å². The summed E-state index contributed by atoms with van der Waals surface area (Å²) in [6.07, 6.45) is 4.18. The highest BCUT2D eigenvalue weighted by molar-refractivity contribution is 7.99. The number of amides is 1. The van der Waals surface area contributed by atoms with Gasteiger partial charge in [0, 0.05) is 29.9 Å². The molecule has 34 heavy (non-hydrogen) atoms. The Hall–Kier alpha value is -2.52. The summed E-state index contributed by atoms with van der Waals surface area (Å²) >= 11 is 7.58. The molecule has 0 spiro atoms. The van der Waals surface area contributed by atoms with Gasteiger partial charge < -0.3 is 15.0 Å². The van der Waals surface area contributed by atoms with Crippen molar-refractivity contribution in [1.29, 1.82) is 0 Å². The standard InChI is InChI=1S/C24H31ClN6O2S/c1-16(2)34-23-28-20(30-12-5-6-13-30)19-15-27-31(21(19)29-23)14-11-26-22(32)24(3,4)33-18-9-7-17(25)8-10-18/h7-10,15-16H,5-6,11-14H2,1-4H3,(H,26,32). The maximum absolute atomic E-state index is 12.8. The molecule has 1 N–H and O–H groups in total. The van der Waals surface area contributed by atoms with Crippen molar-refractivity contribution in [2.75, 3.05) is 24.5 Å². The van der Waals surface area contributed by atoms with Gasteiger partial charge in [0.05, 0.1) is 18.1 Å². The van der Waals surface area contributed by atoms with Crippen LogP contribution in [0.15, 0.2) is 35.6 Å². The molecule has 3 aromatic rings. The zero-order valence-corrected chi connectivity index (χ0v) is 21.6. The third-order valence-electron chi connectivity index (χ3n) is 5.54. The van der Waals surface area contributed by atoms with Crippen LogP contribution in [0.3, 0.4) is 0 Å². The van der Waals surface area contributed by atoms with Crippen LogP contribution >= 0.6 is 23.4 Å². The molecule has 2 aromatic heterocycles. The van der Waals surface area contributed by atoms with E-state index in [1.54, 1.807) is 49.9 Å². The second-order valence-electron chi connectivity index (χ2n) is 9.12. The van der Waals surface area contributed by atoms with Crippen molar-refractivity contribution in [3.63, 3.8) is 0 Å². The molecule has 1 aliphatic rings. The SMILES string of the molecule is CC(C)Sc1nc(N2CCCC2)c2cnn(CCNC(=O)C(C)(C)Oc3ccc(Cl)cc3)c2n1. The molecule has 0 saturated carbocycles. The Morgan fingerprint density at radius 2 is 1.91 bits per heavy atom. The van der Waals surface area contributed by atoms with Crippen LogP contribution in [-0.2, 0) is 11.3 Å². The van der Waals surface area contributed by atoms with Crippen LogP contribution in [0.1, 0.15) is 40.5 Å². The van der Waals surface area contributed by atoms with Crippen LogP contribution in [0.4, 0.5) is 5.82 Å². The summed E-state index contributed by atoms with van der Waals surface area (Å²) in [7, 11) is 0. The van der Waals surface area contributed by atoms with E-state index in [0.29, 0.717) is 29.1 Å². The predicted molar refractivity (Wildman–Crippen MR) is 137 cm³/mol. The number of nitrogens with one attached hydrogen (secondary N) is 1. The first-order valence-electron chi connectivity index (χ1n) is 11.6. The van der Waals surface area contributed by atoms with Gasteiger partial charge in [0.25, 0.3) is 5.91 Å². The Labute approximate surface area is 209 Å². The van der Waals surface area contributed by atoms with E-state index < -0.39 is 5.60 Å². The Morgan fingerprint density at radius 3 is 2.59 bits per heavy atom. The molecule has 1 amide bonds. The molecule has 0 radical (unpaired) electrons. The average Bonchev–Trinajstić information content (AvgIpc) is 3.45. The summed E-state index contributed by atoms with van der Waals surface area (Å²) in [6.45, 7) is 10.6. The fourth-order valence-corrected chi connectivity index (χ4v) is 4.68. The molecule has 182 valence electrons. The Balaban J connectivity index is 1.46. The number of thioether (sulfide) groups is 1. The van der Waals surface area contributed by atoms with E-state index in [-0.39, 0.29) is 5.91 Å². The first kappa shape index (κ1) is 24.6. The Kier molecular flexibility index (Phi) is 7.52. The minimum atomic E-state index is -1.04. The number of hydrogen-bond acceptors (Lipinski definition) is 7. The van der Waals surface area contributed by atoms with E-state index >= 15 is 0 Å². The van der Waals surface area contributed by atoms with E-state index in [0.717, 1.165) is 35.1 Å².